The first-order chi connectivity index (χ1) is 3.30. The van der Waals surface area contributed by atoms with Crippen LogP contribution in [-0.2, 0) is 4.79 Å². The second-order valence-corrected chi connectivity index (χ2v) is 5.17. The molecule has 0 aromatic rings. The zero-order valence-corrected chi connectivity index (χ0v) is 6.93. The molecule has 36 valence electrons. The summed E-state index contributed by atoms with van der Waals surface area (Å²) in [6.07, 6.45) is 1.69. The number of rotatable bonds is 1. The molecule has 0 unspecified atom stereocenters. The molecule has 0 bridgehead atoms. The average Bonchev–Trinajstić information content (AvgIpc) is 1.23. The van der Waals surface area contributed by atoms with Gasteiger partial charge in [-0.05, 0) is 0 Å². The van der Waals surface area contributed by atoms with Crippen LogP contribution in [-0.4, -0.2) is 37.0 Å². The molecule has 0 atom stereocenters. The third kappa shape index (κ3) is 0.944. The summed E-state index contributed by atoms with van der Waals surface area (Å²) in [5.41, 5.74) is 0. The van der Waals surface area contributed by atoms with Crippen LogP contribution in [0.25, 0.3) is 0 Å². The summed E-state index contributed by atoms with van der Waals surface area (Å²) in [6.45, 7) is 0. The summed E-state index contributed by atoms with van der Waals surface area (Å²) in [5, 5.41) is 8.19. The van der Waals surface area contributed by atoms with Gasteiger partial charge in [-0.1, -0.05) is 0 Å². The molecule has 0 saturated heterocycles. The normalized spacial score (nSPS) is 15.1. The van der Waals surface area contributed by atoms with Crippen LogP contribution in [0.2, 0.25) is 0 Å². The van der Waals surface area contributed by atoms with Gasteiger partial charge in [-0.2, -0.15) is 0 Å². The molecule has 0 fully saturated rings. The zero-order chi connectivity index (χ0) is 5.28. The molecule has 1 aliphatic heterocycles. The number of carboxylic acids is 1. The summed E-state index contributed by atoms with van der Waals surface area (Å²) >= 11 is -0.700. The fourth-order valence-electron chi connectivity index (χ4n) is 0.276. The predicted molar refractivity (Wildman–Crippen MR) is 27.5 cm³/mol. The quantitative estimate of drug-likeness (QED) is 0.660. The molecule has 0 amide bonds. The van der Waals surface area contributed by atoms with Crippen molar-refractivity contribution in [1.29, 1.82) is 0 Å². The van der Waals surface area contributed by atoms with E-state index in [1.807, 2.05) is 3.78 Å². The molecule has 1 aliphatic rings. The van der Waals surface area contributed by atoms with Gasteiger partial charge in [0, 0.05) is 0 Å². The van der Waals surface area contributed by atoms with E-state index in [4.69, 9.17) is 5.11 Å². The number of carbonyl (C=O) groups is 1. The Bertz CT molecular complexity index is 157. The summed E-state index contributed by atoms with van der Waals surface area (Å²) in [7, 11) is 0. The second-order valence-electron chi connectivity index (χ2n) is 1.14. The zero-order valence-electron chi connectivity index (χ0n) is 3.46. The Balaban J connectivity index is 2.60. The Morgan fingerprint density at radius 2 is 2.43 bits per heavy atom. The van der Waals surface area contributed by atoms with Crippen LogP contribution in [0.4, 0.5) is 0 Å². The third-order valence-corrected chi connectivity index (χ3v) is 4.23. The van der Waals surface area contributed by atoms with E-state index in [0.29, 0.717) is 3.21 Å². The Morgan fingerprint density at radius 3 is 2.43 bits per heavy atom. The average molecular weight is 292 g/mol. The molecule has 0 saturated carbocycles. The maximum atomic E-state index is 9.94. The van der Waals surface area contributed by atoms with Crippen molar-refractivity contribution in [2.45, 2.75) is 0 Å². The topological polar surface area (TPSA) is 37.3 Å². The van der Waals surface area contributed by atoms with Crippen molar-refractivity contribution in [3.63, 3.8) is 0 Å². The molecule has 0 aromatic carbocycles. The predicted octanol–water partition coefficient (Wildman–Crippen LogP) is -0.525. The fraction of sp³-hybridized carbons (Fsp3) is 0. The van der Waals surface area contributed by atoms with Crippen molar-refractivity contribution in [2.24, 2.45) is 0 Å². The van der Waals surface area contributed by atoms with Crippen molar-refractivity contribution in [3.8, 4) is 0 Å². The van der Waals surface area contributed by atoms with Crippen molar-refractivity contribution in [3.05, 3.63) is 9.86 Å². The number of carboxylic acid groups (broad SMARTS) is 1. The first kappa shape index (κ1) is 5.11. The summed E-state index contributed by atoms with van der Waals surface area (Å²) in [6, 6.07) is 0. The van der Waals surface area contributed by atoms with Gasteiger partial charge in [-0.15, -0.1) is 0 Å². The van der Waals surface area contributed by atoms with E-state index in [-0.39, 0.29) is 0 Å². The number of hydrogen-bond acceptors (Lipinski definition) is 1. The monoisotopic (exact) mass is 292 g/mol. The third-order valence-electron chi connectivity index (χ3n) is 0.665. The van der Waals surface area contributed by atoms with Gasteiger partial charge in [0.1, 0.15) is 0 Å². The molecule has 0 radical (unpaired) electrons. The Labute approximate surface area is 51.9 Å². The number of hydrogen-bond donors (Lipinski definition) is 1. The van der Waals surface area contributed by atoms with E-state index in [1.54, 1.807) is 6.08 Å². The van der Waals surface area contributed by atoms with Gasteiger partial charge in [0.15, 0.2) is 0 Å². The molecular weight excluding hydrogens is 289 g/mol. The maximum absolute atomic E-state index is 9.94. The Kier molecular flexibility index (Phi) is 1.33. The number of aliphatic carboxylic acids is 1. The first-order valence-corrected chi connectivity index (χ1v) is 5.53. The van der Waals surface area contributed by atoms with Gasteiger partial charge in [0.05, 0.1) is 0 Å². The van der Waals surface area contributed by atoms with Crippen molar-refractivity contribution in [1.82, 2.24) is 0 Å². The van der Waals surface area contributed by atoms with Crippen LogP contribution >= 0.6 is 0 Å². The Hall–Kier alpha value is -0.0369. The van der Waals surface area contributed by atoms with Gasteiger partial charge >= 0.3 is 51.7 Å². The van der Waals surface area contributed by atoms with Gasteiger partial charge in [-0.3, -0.25) is 0 Å². The van der Waals surface area contributed by atoms with Gasteiger partial charge < -0.3 is 0 Å². The molecular formula is C4H3BiO2. The first-order valence-electron chi connectivity index (χ1n) is 1.78. The van der Waals surface area contributed by atoms with Crippen LogP contribution in [0.3, 0.4) is 0 Å². The summed E-state index contributed by atoms with van der Waals surface area (Å²) in [5.74, 6) is -0.709. The van der Waals surface area contributed by atoms with E-state index in [1.165, 1.54) is 0 Å². The summed E-state index contributed by atoms with van der Waals surface area (Å²) < 4.78 is 2.70. The Morgan fingerprint density at radius 1 is 1.86 bits per heavy atom. The summed E-state index contributed by atoms with van der Waals surface area (Å²) in [4.78, 5) is 9.94. The SMILES string of the molecule is O=C(O)[C]1=[Bi][CH]=C1. The van der Waals surface area contributed by atoms with Crippen LogP contribution in [0.1, 0.15) is 0 Å². The van der Waals surface area contributed by atoms with Crippen molar-refractivity contribution in [2.75, 3.05) is 0 Å². The van der Waals surface area contributed by atoms with Crippen molar-refractivity contribution >= 4 is 31.9 Å². The molecule has 0 aromatic heterocycles. The minimum atomic E-state index is -0.709. The van der Waals surface area contributed by atoms with E-state index in [0.717, 1.165) is 0 Å². The van der Waals surface area contributed by atoms with E-state index in [2.05, 4.69) is 0 Å². The van der Waals surface area contributed by atoms with E-state index in [9.17, 15) is 4.79 Å². The minimum absolute atomic E-state index is 0.694. The van der Waals surface area contributed by atoms with E-state index < -0.39 is 28.7 Å². The van der Waals surface area contributed by atoms with Crippen LogP contribution in [0.5, 0.6) is 0 Å². The van der Waals surface area contributed by atoms with Gasteiger partial charge in [0.2, 0.25) is 0 Å². The molecule has 2 nitrogen and oxygen atoms in total. The van der Waals surface area contributed by atoms with Crippen molar-refractivity contribution < 1.29 is 9.90 Å². The van der Waals surface area contributed by atoms with Crippen LogP contribution in [0, 0.1) is 0 Å². The molecule has 0 spiro atoms. The van der Waals surface area contributed by atoms with E-state index >= 15 is 0 Å². The molecule has 3 heteroatoms. The second kappa shape index (κ2) is 1.83. The van der Waals surface area contributed by atoms with Gasteiger partial charge in [-0.25, -0.2) is 0 Å². The fourth-order valence-corrected chi connectivity index (χ4v) is 1.86. The van der Waals surface area contributed by atoms with Crippen LogP contribution < -0.4 is 0 Å². The molecule has 1 rings (SSSR count). The molecule has 7 heavy (non-hydrogen) atoms. The molecule has 1 heterocycles. The standard InChI is InChI=1S/C4H3O2.Bi/c1-2-3-4(5)6;/h1-2H,(H,5,6);. The van der Waals surface area contributed by atoms with Crippen LogP contribution in [0.15, 0.2) is 9.86 Å². The van der Waals surface area contributed by atoms with Gasteiger partial charge in [0.25, 0.3) is 0 Å². The molecule has 1 N–H and O–H groups in total. The molecule has 0 aliphatic carbocycles.